The highest BCUT2D eigenvalue weighted by molar-refractivity contribution is 7.27. The Hall–Kier alpha value is -6.45. The third-order valence-corrected chi connectivity index (χ3v) is 9.68. The molecule has 2 heterocycles. The first-order valence-corrected chi connectivity index (χ1v) is 16.9. The van der Waals surface area contributed by atoms with E-state index in [-0.39, 0.29) is 0 Å². The van der Waals surface area contributed by atoms with Crippen LogP contribution >= 0.6 is 11.3 Å². The number of hydrogen-bond donors (Lipinski definition) is 4. The van der Waals surface area contributed by atoms with E-state index in [9.17, 15) is 20.4 Å². The highest BCUT2D eigenvalue weighted by atomic mass is 32.1. The second kappa shape index (κ2) is 15.0. The predicted molar refractivity (Wildman–Crippen MR) is 214 cm³/mol. The van der Waals surface area contributed by atoms with Crippen LogP contribution in [0.2, 0.25) is 0 Å². The molecule has 0 bridgehead atoms. The van der Waals surface area contributed by atoms with E-state index in [1.54, 1.807) is 6.08 Å². The standard InChI is InChI=1S/C27H22N2O4S.C15H14N2/c1-4-6-14(7-5-2)15-8-11-19-18(12-15)16-9-10-17-20-22(30)23(31)24(32)25(33)27(20)34-26(17)21(16)29(19)13-28-3;1-16-15(14-10-6-3-7-11-14)17-12-13-8-4-2-5-9-13/h4-12,30-33H,1,3,13H2,2H3;2-11H,1,12H2/b7-5-,14-6+;. The first-order chi connectivity index (χ1) is 24.8. The third-order valence-electron chi connectivity index (χ3n) is 8.46. The number of amidine groups is 1. The summed E-state index contributed by atoms with van der Waals surface area (Å²) in [4.78, 5) is 12.6. The molecule has 0 fully saturated rings. The molecular weight excluding hydrogens is 657 g/mol. The number of phenolic OH excluding ortho intramolecular Hbond substituents is 4. The van der Waals surface area contributed by atoms with E-state index in [4.69, 9.17) is 0 Å². The van der Waals surface area contributed by atoms with Crippen LogP contribution in [0.1, 0.15) is 23.6 Å². The molecule has 7 aromatic rings. The van der Waals surface area contributed by atoms with Crippen LogP contribution in [0.25, 0.3) is 47.6 Å². The Morgan fingerprint density at radius 2 is 1.45 bits per heavy atom. The average Bonchev–Trinajstić information content (AvgIpc) is 3.70. The van der Waals surface area contributed by atoms with Crippen molar-refractivity contribution >= 4 is 78.2 Å². The van der Waals surface area contributed by atoms with Gasteiger partial charge in [-0.1, -0.05) is 110 Å². The molecule has 254 valence electrons. The van der Waals surface area contributed by atoms with Crippen LogP contribution in [0, 0.1) is 0 Å². The maximum atomic E-state index is 10.6. The number of phenols is 4. The highest BCUT2D eigenvalue weighted by Gasteiger charge is 2.24. The molecule has 2 aromatic heterocycles. The summed E-state index contributed by atoms with van der Waals surface area (Å²) in [6.07, 6.45) is 7.73. The van der Waals surface area contributed by atoms with Crippen molar-refractivity contribution in [3.8, 4) is 23.0 Å². The fourth-order valence-electron chi connectivity index (χ4n) is 6.14. The van der Waals surface area contributed by atoms with Crippen molar-refractivity contribution in [3.63, 3.8) is 0 Å². The van der Waals surface area contributed by atoms with E-state index in [0.29, 0.717) is 34.5 Å². The Balaban J connectivity index is 0.000000221. The van der Waals surface area contributed by atoms with Crippen LogP contribution in [0.3, 0.4) is 0 Å². The summed E-state index contributed by atoms with van der Waals surface area (Å²) in [5, 5.41) is 44.1. The summed E-state index contributed by atoms with van der Waals surface area (Å²) >= 11 is 1.24. The van der Waals surface area contributed by atoms with Gasteiger partial charge in [0.2, 0.25) is 11.5 Å². The molecule has 4 N–H and O–H groups in total. The molecule has 0 spiro atoms. The Morgan fingerprint density at radius 1 is 0.765 bits per heavy atom. The average molecular weight is 693 g/mol. The van der Waals surface area contributed by atoms with Gasteiger partial charge in [0.25, 0.3) is 0 Å². The fraction of sp³-hybridized carbons (Fsp3) is 0.0714. The molecule has 5 aromatic carbocycles. The van der Waals surface area contributed by atoms with Crippen molar-refractivity contribution in [1.82, 2.24) is 4.57 Å². The molecule has 7 rings (SSSR count). The fourth-order valence-corrected chi connectivity index (χ4v) is 7.45. The number of nitrogens with zero attached hydrogens (tertiary/aromatic N) is 4. The second-order valence-electron chi connectivity index (χ2n) is 11.6. The molecule has 0 saturated carbocycles. The lowest BCUT2D eigenvalue weighted by Crippen LogP contribution is -1.97. The summed E-state index contributed by atoms with van der Waals surface area (Å²) in [6, 6.07) is 30.0. The summed E-state index contributed by atoms with van der Waals surface area (Å²) in [7, 11) is 0. The lowest BCUT2D eigenvalue weighted by Gasteiger charge is -2.06. The summed E-state index contributed by atoms with van der Waals surface area (Å²) in [6.45, 7) is 14.0. The van der Waals surface area contributed by atoms with Crippen molar-refractivity contribution < 1.29 is 20.4 Å². The van der Waals surface area contributed by atoms with Gasteiger partial charge >= 0.3 is 0 Å². The molecule has 51 heavy (non-hydrogen) atoms. The van der Waals surface area contributed by atoms with Gasteiger partial charge in [-0.25, -0.2) is 4.99 Å². The lowest BCUT2D eigenvalue weighted by molar-refractivity contribution is 0.351. The van der Waals surface area contributed by atoms with Gasteiger partial charge in [0.15, 0.2) is 17.3 Å². The molecule has 8 nitrogen and oxygen atoms in total. The smallest absolute Gasteiger partial charge is 0.205 e. The van der Waals surface area contributed by atoms with Crippen LogP contribution in [-0.4, -0.2) is 44.3 Å². The molecule has 9 heteroatoms. The zero-order valence-corrected chi connectivity index (χ0v) is 28.8. The zero-order valence-electron chi connectivity index (χ0n) is 28.0. The summed E-state index contributed by atoms with van der Waals surface area (Å²) in [5.74, 6) is -1.72. The first kappa shape index (κ1) is 34.4. The van der Waals surface area contributed by atoms with Crippen molar-refractivity contribution in [1.29, 1.82) is 0 Å². The zero-order chi connectivity index (χ0) is 36.1. The molecule has 0 radical (unpaired) electrons. The number of rotatable bonds is 8. The number of benzene rings is 5. The number of allylic oxidation sites excluding steroid dienone is 5. The molecule has 0 aliphatic carbocycles. The number of hydrogen-bond acceptors (Lipinski definition) is 7. The van der Waals surface area contributed by atoms with Gasteiger partial charge in [-0.2, -0.15) is 0 Å². The molecule has 0 amide bonds. The molecule has 0 saturated heterocycles. The minimum absolute atomic E-state index is 0.294. The third kappa shape index (κ3) is 6.50. The number of aliphatic imine (C=N–C) groups is 3. The van der Waals surface area contributed by atoms with Crippen LogP contribution in [0.15, 0.2) is 137 Å². The van der Waals surface area contributed by atoms with Gasteiger partial charge in [0.1, 0.15) is 6.67 Å². The minimum atomic E-state index is -0.742. The van der Waals surface area contributed by atoms with E-state index in [2.05, 4.69) is 53.2 Å². The molecular formula is C42H36N4O4S. The number of fused-ring (bicyclic) bond motifs is 7. The molecule has 0 atom stereocenters. The predicted octanol–water partition coefficient (Wildman–Crippen LogP) is 10.1. The van der Waals surface area contributed by atoms with Gasteiger partial charge in [0, 0.05) is 21.7 Å². The van der Waals surface area contributed by atoms with Crippen molar-refractivity contribution in [2.45, 2.75) is 20.1 Å². The number of thiophene rings is 1. The summed E-state index contributed by atoms with van der Waals surface area (Å²) in [5.41, 5.74) is 6.08. The normalized spacial score (nSPS) is 12.1. The van der Waals surface area contributed by atoms with E-state index in [1.807, 2.05) is 103 Å². The van der Waals surface area contributed by atoms with E-state index in [1.165, 1.54) is 16.9 Å². The first-order valence-electron chi connectivity index (χ1n) is 16.1. The van der Waals surface area contributed by atoms with Crippen molar-refractivity contribution in [2.24, 2.45) is 15.0 Å². The largest absolute Gasteiger partial charge is 0.504 e. The molecule has 0 aliphatic heterocycles. The maximum absolute atomic E-state index is 10.6. The maximum Gasteiger partial charge on any atom is 0.205 e. The Bertz CT molecular complexity index is 2530. The highest BCUT2D eigenvalue weighted by Crippen LogP contribution is 2.55. The van der Waals surface area contributed by atoms with Crippen molar-refractivity contribution in [2.75, 3.05) is 0 Å². The summed E-state index contributed by atoms with van der Waals surface area (Å²) < 4.78 is 3.13. The topological polar surface area (TPSA) is 123 Å². The second-order valence-corrected chi connectivity index (χ2v) is 12.6. The number of aromatic nitrogens is 1. The quantitative estimate of drug-likeness (QED) is 0.0416. The Kier molecular flexibility index (Phi) is 10.1. The van der Waals surface area contributed by atoms with E-state index >= 15 is 0 Å². The molecule has 0 unspecified atom stereocenters. The van der Waals surface area contributed by atoms with Crippen LogP contribution in [-0.2, 0) is 13.2 Å². The minimum Gasteiger partial charge on any atom is -0.504 e. The monoisotopic (exact) mass is 692 g/mol. The van der Waals surface area contributed by atoms with Gasteiger partial charge in [-0.05, 0) is 49.2 Å². The van der Waals surface area contributed by atoms with E-state index in [0.717, 1.165) is 43.2 Å². The Morgan fingerprint density at radius 3 is 2.12 bits per heavy atom. The van der Waals surface area contributed by atoms with Crippen LogP contribution < -0.4 is 0 Å². The lowest BCUT2D eigenvalue weighted by atomic mass is 10.0. The van der Waals surface area contributed by atoms with Gasteiger partial charge in [0.05, 0.1) is 32.4 Å². The van der Waals surface area contributed by atoms with E-state index < -0.39 is 23.0 Å². The SMILES string of the molecule is C=C/C=C(\C=C/C)c1ccc2c(c1)c1ccc3c(sc4c(O)c(O)c(O)c(O)c43)c1n2CN=C.C=NC(=NCc1ccccc1)c1ccccc1. The van der Waals surface area contributed by atoms with Crippen LogP contribution in [0.4, 0.5) is 0 Å². The van der Waals surface area contributed by atoms with Gasteiger partial charge < -0.3 is 25.0 Å². The number of aromatic hydroxyl groups is 4. The molecule has 0 aliphatic rings. The van der Waals surface area contributed by atoms with Gasteiger partial charge in [-0.15, -0.1) is 11.3 Å². The Labute approximate surface area is 299 Å². The van der Waals surface area contributed by atoms with Crippen LogP contribution in [0.5, 0.6) is 23.0 Å². The van der Waals surface area contributed by atoms with Crippen molar-refractivity contribution in [3.05, 3.63) is 139 Å². The van der Waals surface area contributed by atoms with Gasteiger partial charge in [-0.3, -0.25) is 9.98 Å².